The molecule has 11 nitrogen and oxygen atoms in total. The summed E-state index contributed by atoms with van der Waals surface area (Å²) in [5.74, 6) is 1.43. The van der Waals surface area contributed by atoms with Gasteiger partial charge < -0.3 is 34.2 Å². The Hall–Kier alpha value is -3.49. The third-order valence-corrected chi connectivity index (χ3v) is 7.98. The highest BCUT2D eigenvalue weighted by Gasteiger charge is 2.35. The number of benzene rings is 1. The molecule has 0 aliphatic carbocycles. The number of halogens is 1. The average Bonchev–Trinajstić information content (AvgIpc) is 3.53. The van der Waals surface area contributed by atoms with Gasteiger partial charge in [0.1, 0.15) is 18.2 Å². The molecule has 2 aromatic rings. The first-order valence-corrected chi connectivity index (χ1v) is 13.2. The van der Waals surface area contributed by atoms with Crippen LogP contribution in [0.3, 0.4) is 0 Å². The van der Waals surface area contributed by atoms with Crippen LogP contribution in [0, 0.1) is 11.3 Å². The van der Waals surface area contributed by atoms with Crippen molar-refractivity contribution in [2.24, 2.45) is 0 Å². The number of fused-ring (bicyclic) bond motifs is 1. The number of anilines is 2. The molecule has 3 aliphatic rings. The Labute approximate surface area is 227 Å². The number of methoxy groups -OCH3 is 1. The first-order valence-electron chi connectivity index (χ1n) is 12.8. The van der Waals surface area contributed by atoms with Crippen LogP contribution in [-0.4, -0.2) is 90.0 Å². The average molecular weight is 542 g/mol. The molecule has 1 N–H and O–H groups in total. The zero-order valence-electron chi connectivity index (χ0n) is 21.6. The summed E-state index contributed by atoms with van der Waals surface area (Å²) < 4.78 is 11.6. The number of amides is 1. The fraction of sp³-hybridized carbons (Fsp3) is 0.538. The number of piperazine rings is 1. The molecule has 5 rings (SSSR count). The number of nitrogens with zero attached hydrogens (tertiary/aromatic N) is 7. The van der Waals surface area contributed by atoms with Crippen molar-refractivity contribution in [1.82, 2.24) is 19.8 Å². The highest BCUT2D eigenvalue weighted by molar-refractivity contribution is 6.33. The Bertz CT molecular complexity index is 1240. The minimum Gasteiger partial charge on any atom is -0.497 e. The first-order chi connectivity index (χ1) is 18.4. The molecular weight excluding hydrogens is 510 g/mol. The standard InChI is InChI=1S/C26H32ClN7O4/c1-31-9-3-4-18(31)16-38-25-29-22-15-33(23-12-19(37-2)5-6-21(23)27)14-20(22)24(30-25)32-10-11-34(26(35)36)17(13-32)7-8-28/h5-6,12,17-18H,3-4,7,9-11,13-16H2,1-2H3,(H,35,36)/t17-,18-/m0/s1. The monoisotopic (exact) mass is 541 g/mol. The van der Waals surface area contributed by atoms with Gasteiger partial charge in [-0.25, -0.2) is 4.79 Å². The zero-order chi connectivity index (χ0) is 26.8. The van der Waals surface area contributed by atoms with E-state index in [1.54, 1.807) is 7.11 Å². The number of carboxylic acid groups (broad SMARTS) is 1. The van der Waals surface area contributed by atoms with Crippen molar-refractivity contribution in [3.05, 3.63) is 34.5 Å². The van der Waals surface area contributed by atoms with Crippen LogP contribution < -0.4 is 19.3 Å². The fourth-order valence-electron chi connectivity index (χ4n) is 5.51. The van der Waals surface area contributed by atoms with Gasteiger partial charge in [0.25, 0.3) is 0 Å². The summed E-state index contributed by atoms with van der Waals surface area (Å²) >= 11 is 6.57. The second-order valence-electron chi connectivity index (χ2n) is 9.95. The van der Waals surface area contributed by atoms with Crippen molar-refractivity contribution in [2.45, 2.75) is 44.4 Å². The number of likely N-dealkylation sites (N-methyl/N-ethyl adjacent to an activating group) is 1. The molecule has 0 spiro atoms. The van der Waals surface area contributed by atoms with Gasteiger partial charge in [-0.05, 0) is 38.6 Å². The number of aromatic nitrogens is 2. The van der Waals surface area contributed by atoms with E-state index in [0.29, 0.717) is 55.6 Å². The summed E-state index contributed by atoms with van der Waals surface area (Å²) in [5, 5.41) is 19.6. The van der Waals surface area contributed by atoms with Crippen LogP contribution in [0.25, 0.3) is 0 Å². The Balaban J connectivity index is 1.46. The molecule has 2 atom stereocenters. The summed E-state index contributed by atoms with van der Waals surface area (Å²) in [6, 6.07) is 7.86. The van der Waals surface area contributed by atoms with Crippen LogP contribution in [-0.2, 0) is 13.1 Å². The molecule has 4 heterocycles. The molecule has 38 heavy (non-hydrogen) atoms. The molecule has 202 valence electrons. The molecule has 1 amide bonds. The SMILES string of the molecule is COc1ccc(Cl)c(N2Cc3nc(OC[C@@H]4CCCN4C)nc(N4CCN(C(=O)O)[C@@H](CC#N)C4)c3C2)c1. The quantitative estimate of drug-likeness (QED) is 0.559. The molecule has 0 unspecified atom stereocenters. The maximum atomic E-state index is 11.8. The third-order valence-electron chi connectivity index (χ3n) is 7.67. The number of ether oxygens (including phenoxy) is 2. The second-order valence-corrected chi connectivity index (χ2v) is 10.4. The van der Waals surface area contributed by atoms with Crippen molar-refractivity contribution in [1.29, 1.82) is 5.26 Å². The van der Waals surface area contributed by atoms with Gasteiger partial charge in [0.05, 0.1) is 48.6 Å². The van der Waals surface area contributed by atoms with Crippen molar-refractivity contribution in [2.75, 3.05) is 56.7 Å². The summed E-state index contributed by atoms with van der Waals surface area (Å²) in [6.45, 7) is 3.73. The largest absolute Gasteiger partial charge is 0.497 e. The van der Waals surface area contributed by atoms with Crippen LogP contribution in [0.1, 0.15) is 30.5 Å². The van der Waals surface area contributed by atoms with Gasteiger partial charge in [-0.1, -0.05) is 11.6 Å². The molecular formula is C26H32ClN7O4. The van der Waals surface area contributed by atoms with E-state index in [1.807, 2.05) is 18.2 Å². The van der Waals surface area contributed by atoms with Gasteiger partial charge in [-0.3, -0.25) is 0 Å². The van der Waals surface area contributed by atoms with E-state index in [9.17, 15) is 15.2 Å². The lowest BCUT2D eigenvalue weighted by atomic mass is 10.1. The van der Waals surface area contributed by atoms with Crippen LogP contribution in [0.4, 0.5) is 16.3 Å². The lowest BCUT2D eigenvalue weighted by molar-refractivity contribution is 0.119. The van der Waals surface area contributed by atoms with Gasteiger partial charge in [-0.15, -0.1) is 0 Å². The van der Waals surface area contributed by atoms with E-state index in [4.69, 9.17) is 31.0 Å². The molecule has 12 heteroatoms. The number of hydrogen-bond acceptors (Lipinski definition) is 9. The summed E-state index contributed by atoms with van der Waals surface area (Å²) in [7, 11) is 3.72. The van der Waals surface area contributed by atoms with E-state index in [1.165, 1.54) is 4.90 Å². The molecule has 3 aliphatic heterocycles. The molecule has 1 aromatic carbocycles. The molecule has 1 aromatic heterocycles. The number of carbonyl (C=O) groups is 1. The van der Waals surface area contributed by atoms with Crippen molar-refractivity contribution >= 4 is 29.2 Å². The summed E-state index contributed by atoms with van der Waals surface area (Å²) in [6.07, 6.45) is 1.31. The Morgan fingerprint density at radius 1 is 1.21 bits per heavy atom. The van der Waals surface area contributed by atoms with Gasteiger partial charge in [0.2, 0.25) is 0 Å². The molecule has 0 bridgehead atoms. The van der Waals surface area contributed by atoms with Crippen LogP contribution in [0.2, 0.25) is 5.02 Å². The topological polar surface area (TPSA) is 118 Å². The van der Waals surface area contributed by atoms with E-state index < -0.39 is 12.1 Å². The van der Waals surface area contributed by atoms with Crippen molar-refractivity contribution in [3.8, 4) is 17.8 Å². The minimum atomic E-state index is -1.01. The predicted octanol–water partition coefficient (Wildman–Crippen LogP) is 3.21. The van der Waals surface area contributed by atoms with Crippen LogP contribution in [0.5, 0.6) is 11.8 Å². The first kappa shape index (κ1) is 26.1. The van der Waals surface area contributed by atoms with Gasteiger partial charge >= 0.3 is 12.1 Å². The van der Waals surface area contributed by atoms with Crippen LogP contribution in [0.15, 0.2) is 18.2 Å². The lowest BCUT2D eigenvalue weighted by Crippen LogP contribution is -2.55. The minimum absolute atomic E-state index is 0.110. The Morgan fingerprint density at radius 3 is 2.76 bits per heavy atom. The molecule has 2 saturated heterocycles. The van der Waals surface area contributed by atoms with Crippen molar-refractivity contribution in [3.63, 3.8) is 0 Å². The Kier molecular flexibility index (Phi) is 7.63. The van der Waals surface area contributed by atoms with E-state index in [2.05, 4.69) is 27.8 Å². The van der Waals surface area contributed by atoms with E-state index >= 15 is 0 Å². The van der Waals surface area contributed by atoms with Crippen molar-refractivity contribution < 1.29 is 19.4 Å². The highest BCUT2D eigenvalue weighted by atomic mass is 35.5. The van der Waals surface area contributed by atoms with E-state index in [-0.39, 0.29) is 13.0 Å². The highest BCUT2D eigenvalue weighted by Crippen LogP contribution is 2.39. The summed E-state index contributed by atoms with van der Waals surface area (Å²) in [4.78, 5) is 29.2. The number of nitriles is 1. The smallest absolute Gasteiger partial charge is 0.407 e. The number of rotatable bonds is 7. The fourth-order valence-corrected chi connectivity index (χ4v) is 5.75. The summed E-state index contributed by atoms with van der Waals surface area (Å²) in [5.41, 5.74) is 2.64. The van der Waals surface area contributed by atoms with Gasteiger partial charge in [-0.2, -0.15) is 15.2 Å². The molecule has 0 saturated carbocycles. The molecule has 2 fully saturated rings. The third kappa shape index (κ3) is 5.24. The predicted molar refractivity (Wildman–Crippen MR) is 142 cm³/mol. The molecule has 0 radical (unpaired) electrons. The van der Waals surface area contributed by atoms with Crippen LogP contribution >= 0.6 is 11.6 Å². The Morgan fingerprint density at radius 2 is 2.05 bits per heavy atom. The second kappa shape index (κ2) is 11.1. The van der Waals surface area contributed by atoms with E-state index in [0.717, 1.165) is 42.1 Å². The maximum Gasteiger partial charge on any atom is 0.407 e. The lowest BCUT2D eigenvalue weighted by Gasteiger charge is -2.40. The maximum absolute atomic E-state index is 11.8. The number of likely N-dealkylation sites (tertiary alicyclic amines) is 1. The number of hydrogen-bond donors (Lipinski definition) is 1. The van der Waals surface area contributed by atoms with Gasteiger partial charge in [0, 0.05) is 43.9 Å². The van der Waals surface area contributed by atoms with Gasteiger partial charge in [0.15, 0.2) is 0 Å². The zero-order valence-corrected chi connectivity index (χ0v) is 22.4. The normalized spacial score (nSPS) is 21.4.